The van der Waals surface area contributed by atoms with Gasteiger partial charge in [0.15, 0.2) is 0 Å². The van der Waals surface area contributed by atoms with Gasteiger partial charge in [-0.1, -0.05) is 17.7 Å². The largest absolute Gasteiger partial charge is 0.490 e. The Hall–Kier alpha value is -1.31. The third kappa shape index (κ3) is 3.08. The second-order valence-corrected chi connectivity index (χ2v) is 4.06. The van der Waals surface area contributed by atoms with Crippen molar-refractivity contribution in [3.8, 4) is 5.75 Å². The smallest absolute Gasteiger partial charge is 0.125 e. The van der Waals surface area contributed by atoms with Crippen LogP contribution < -0.4 is 4.74 Å². The van der Waals surface area contributed by atoms with Crippen LogP contribution in [0.4, 0.5) is 0 Å². The highest BCUT2D eigenvalue weighted by Crippen LogP contribution is 2.25. The zero-order valence-corrected chi connectivity index (χ0v) is 9.83. The quantitative estimate of drug-likeness (QED) is 0.708. The molecule has 1 unspecified atom stereocenters. The number of rotatable bonds is 4. The highest BCUT2D eigenvalue weighted by molar-refractivity contribution is 5.50. The Morgan fingerprint density at radius 2 is 1.80 bits per heavy atom. The Balaban J connectivity index is 2.89. The molecular weight excluding hydrogens is 188 g/mol. The summed E-state index contributed by atoms with van der Waals surface area (Å²) in [5.41, 5.74) is 3.50. The summed E-state index contributed by atoms with van der Waals surface area (Å²) in [6, 6.07) is 4.19. The van der Waals surface area contributed by atoms with Crippen molar-refractivity contribution in [3.63, 3.8) is 0 Å². The van der Waals surface area contributed by atoms with Crippen molar-refractivity contribution in [2.24, 2.45) is 0 Å². The van der Waals surface area contributed by atoms with Crippen molar-refractivity contribution in [1.29, 1.82) is 0 Å². The monoisotopic (exact) mass is 206 g/mol. The van der Waals surface area contributed by atoms with Crippen LogP contribution in [0, 0.1) is 20.8 Å². The molecule has 0 fully saturated rings. The van der Waals surface area contributed by atoms with E-state index >= 15 is 0 Å². The molecule has 15 heavy (non-hydrogen) atoms. The van der Waals surface area contributed by atoms with Crippen LogP contribution in [-0.2, 0) is 4.79 Å². The molecule has 0 aliphatic heterocycles. The van der Waals surface area contributed by atoms with Gasteiger partial charge in [0, 0.05) is 6.42 Å². The predicted octanol–water partition coefficient (Wildman–Crippen LogP) is 2.97. The van der Waals surface area contributed by atoms with Crippen LogP contribution in [-0.4, -0.2) is 12.4 Å². The summed E-state index contributed by atoms with van der Waals surface area (Å²) in [7, 11) is 0. The first-order chi connectivity index (χ1) is 7.04. The summed E-state index contributed by atoms with van der Waals surface area (Å²) in [5.74, 6) is 0.912. The number of ether oxygens (including phenoxy) is 1. The molecule has 0 bridgehead atoms. The number of benzene rings is 1. The fourth-order valence-corrected chi connectivity index (χ4v) is 1.74. The van der Waals surface area contributed by atoms with E-state index in [0.717, 1.165) is 23.2 Å². The minimum atomic E-state index is -0.0531. The molecular formula is C13H18O2. The molecule has 1 aromatic rings. The molecule has 1 rings (SSSR count). The summed E-state index contributed by atoms with van der Waals surface area (Å²) < 4.78 is 5.74. The molecule has 0 saturated heterocycles. The van der Waals surface area contributed by atoms with Crippen molar-refractivity contribution in [1.82, 2.24) is 0 Å². The lowest BCUT2D eigenvalue weighted by Crippen LogP contribution is -2.13. The maximum Gasteiger partial charge on any atom is 0.125 e. The Morgan fingerprint density at radius 1 is 1.27 bits per heavy atom. The molecule has 2 heteroatoms. The summed E-state index contributed by atoms with van der Waals surface area (Å²) in [4.78, 5) is 10.3. The second-order valence-electron chi connectivity index (χ2n) is 4.06. The minimum Gasteiger partial charge on any atom is -0.490 e. The number of hydrogen-bond acceptors (Lipinski definition) is 2. The zero-order valence-electron chi connectivity index (χ0n) is 9.83. The van der Waals surface area contributed by atoms with E-state index in [0.29, 0.717) is 6.42 Å². The fourth-order valence-electron chi connectivity index (χ4n) is 1.74. The van der Waals surface area contributed by atoms with E-state index < -0.39 is 0 Å². The van der Waals surface area contributed by atoms with Gasteiger partial charge in [0.05, 0.1) is 0 Å². The van der Waals surface area contributed by atoms with Gasteiger partial charge in [0.25, 0.3) is 0 Å². The number of hydrogen-bond donors (Lipinski definition) is 0. The molecule has 0 amide bonds. The highest BCUT2D eigenvalue weighted by atomic mass is 16.5. The van der Waals surface area contributed by atoms with Gasteiger partial charge in [0.2, 0.25) is 0 Å². The molecule has 0 aliphatic rings. The van der Waals surface area contributed by atoms with Crippen LogP contribution in [0.1, 0.15) is 30.0 Å². The molecule has 2 nitrogen and oxygen atoms in total. The fraction of sp³-hybridized carbons (Fsp3) is 0.462. The Labute approximate surface area is 91.3 Å². The summed E-state index contributed by atoms with van der Waals surface area (Å²) in [5, 5.41) is 0. The van der Waals surface area contributed by atoms with E-state index in [4.69, 9.17) is 4.74 Å². The third-order valence-corrected chi connectivity index (χ3v) is 2.35. The number of carbonyl (C=O) groups is 1. The van der Waals surface area contributed by atoms with Gasteiger partial charge in [-0.05, 0) is 38.8 Å². The molecule has 0 aliphatic carbocycles. The zero-order chi connectivity index (χ0) is 11.4. The highest BCUT2D eigenvalue weighted by Gasteiger charge is 2.09. The van der Waals surface area contributed by atoms with Crippen molar-refractivity contribution in [2.75, 3.05) is 0 Å². The first-order valence-corrected chi connectivity index (χ1v) is 5.22. The van der Waals surface area contributed by atoms with E-state index in [-0.39, 0.29) is 6.10 Å². The first-order valence-electron chi connectivity index (χ1n) is 5.22. The van der Waals surface area contributed by atoms with Crippen LogP contribution in [0.5, 0.6) is 5.75 Å². The number of carbonyl (C=O) groups excluding carboxylic acids is 1. The predicted molar refractivity (Wildman–Crippen MR) is 61.4 cm³/mol. The summed E-state index contributed by atoms with van der Waals surface area (Å²) in [6.45, 7) is 8.04. The maximum absolute atomic E-state index is 10.3. The lowest BCUT2D eigenvalue weighted by atomic mass is 10.1. The van der Waals surface area contributed by atoms with E-state index in [2.05, 4.69) is 19.1 Å². The molecule has 0 heterocycles. The minimum absolute atomic E-state index is 0.0531. The average molecular weight is 206 g/mol. The van der Waals surface area contributed by atoms with Crippen molar-refractivity contribution in [2.45, 2.75) is 40.2 Å². The lowest BCUT2D eigenvalue weighted by molar-refractivity contribution is -0.109. The second kappa shape index (κ2) is 4.96. The normalized spacial score (nSPS) is 12.3. The van der Waals surface area contributed by atoms with E-state index in [1.54, 1.807) is 0 Å². The van der Waals surface area contributed by atoms with Gasteiger partial charge in [-0.25, -0.2) is 0 Å². The maximum atomic E-state index is 10.3. The van der Waals surface area contributed by atoms with Gasteiger partial charge in [-0.15, -0.1) is 0 Å². The molecule has 0 aromatic heterocycles. The van der Waals surface area contributed by atoms with Crippen LogP contribution in [0.2, 0.25) is 0 Å². The lowest BCUT2D eigenvalue weighted by Gasteiger charge is -2.17. The van der Waals surface area contributed by atoms with Crippen LogP contribution in [0.25, 0.3) is 0 Å². The standard InChI is InChI=1S/C13H18O2/c1-9-7-10(2)13(11(3)8-9)15-12(4)5-6-14/h6-8,12H,5H2,1-4H3. The Morgan fingerprint density at radius 3 is 2.27 bits per heavy atom. The van der Waals surface area contributed by atoms with Gasteiger partial charge < -0.3 is 9.53 Å². The molecule has 0 radical (unpaired) electrons. The van der Waals surface area contributed by atoms with Crippen molar-refractivity contribution < 1.29 is 9.53 Å². The molecule has 0 spiro atoms. The van der Waals surface area contributed by atoms with E-state index in [9.17, 15) is 4.79 Å². The first kappa shape index (κ1) is 11.8. The van der Waals surface area contributed by atoms with Crippen molar-refractivity contribution in [3.05, 3.63) is 28.8 Å². The molecule has 82 valence electrons. The van der Waals surface area contributed by atoms with Gasteiger partial charge in [-0.3, -0.25) is 0 Å². The molecule has 0 N–H and O–H groups in total. The van der Waals surface area contributed by atoms with E-state index in [1.165, 1.54) is 5.56 Å². The van der Waals surface area contributed by atoms with Gasteiger partial charge in [0.1, 0.15) is 18.1 Å². The Kier molecular flexibility index (Phi) is 3.89. The van der Waals surface area contributed by atoms with E-state index in [1.807, 2.05) is 20.8 Å². The summed E-state index contributed by atoms with van der Waals surface area (Å²) in [6.07, 6.45) is 1.28. The topological polar surface area (TPSA) is 26.3 Å². The molecule has 1 aromatic carbocycles. The van der Waals surface area contributed by atoms with Crippen LogP contribution >= 0.6 is 0 Å². The van der Waals surface area contributed by atoms with Crippen LogP contribution in [0.3, 0.4) is 0 Å². The number of aryl methyl sites for hydroxylation is 3. The van der Waals surface area contributed by atoms with Crippen LogP contribution in [0.15, 0.2) is 12.1 Å². The number of aldehydes is 1. The summed E-state index contributed by atoms with van der Waals surface area (Å²) >= 11 is 0. The van der Waals surface area contributed by atoms with Gasteiger partial charge >= 0.3 is 0 Å². The van der Waals surface area contributed by atoms with Gasteiger partial charge in [-0.2, -0.15) is 0 Å². The molecule has 1 atom stereocenters. The third-order valence-electron chi connectivity index (χ3n) is 2.35. The Bertz CT molecular complexity index is 333. The van der Waals surface area contributed by atoms with Crippen molar-refractivity contribution >= 4 is 6.29 Å². The SMILES string of the molecule is Cc1cc(C)c(OC(C)CC=O)c(C)c1. The average Bonchev–Trinajstić information content (AvgIpc) is 2.11. The molecule has 0 saturated carbocycles.